The molecule has 0 fully saturated rings. The highest BCUT2D eigenvalue weighted by atomic mass is 16.5. The lowest BCUT2D eigenvalue weighted by Crippen LogP contribution is -2.17. The van der Waals surface area contributed by atoms with E-state index in [1.807, 2.05) is 13.0 Å². The standard InChI is InChI=1S/C15H20N2O2/c1-3-6-12(2)19-10-9-15(18)17-14-8-5-4-7-13(14)11-16/h4-5,7-8,12H,3,6,9-10H2,1-2H3,(H,17,18). The first kappa shape index (κ1) is 15.2. The van der Waals surface area contributed by atoms with E-state index < -0.39 is 0 Å². The molecule has 0 radical (unpaired) electrons. The van der Waals surface area contributed by atoms with Crippen molar-refractivity contribution in [3.63, 3.8) is 0 Å². The Morgan fingerprint density at radius 3 is 2.89 bits per heavy atom. The van der Waals surface area contributed by atoms with Crippen LogP contribution in [0.1, 0.15) is 38.7 Å². The van der Waals surface area contributed by atoms with E-state index in [-0.39, 0.29) is 12.0 Å². The van der Waals surface area contributed by atoms with Crippen molar-refractivity contribution in [2.24, 2.45) is 0 Å². The summed E-state index contributed by atoms with van der Waals surface area (Å²) in [5, 5.41) is 11.6. The third-order valence-corrected chi connectivity index (χ3v) is 2.75. The molecule has 1 aromatic rings. The second-order valence-corrected chi connectivity index (χ2v) is 4.43. The Labute approximate surface area is 114 Å². The number of carbonyl (C=O) groups excluding carboxylic acids is 1. The Kier molecular flexibility index (Phi) is 6.62. The largest absolute Gasteiger partial charge is 0.378 e. The zero-order valence-corrected chi connectivity index (χ0v) is 11.5. The maximum absolute atomic E-state index is 11.7. The Bertz CT molecular complexity index is 452. The molecule has 1 amide bonds. The van der Waals surface area contributed by atoms with Crippen molar-refractivity contribution in [2.45, 2.75) is 39.2 Å². The molecule has 19 heavy (non-hydrogen) atoms. The van der Waals surface area contributed by atoms with E-state index in [4.69, 9.17) is 10.00 Å². The number of amides is 1. The smallest absolute Gasteiger partial charge is 0.226 e. The number of hydrogen-bond donors (Lipinski definition) is 1. The summed E-state index contributed by atoms with van der Waals surface area (Å²) in [5.74, 6) is -0.133. The van der Waals surface area contributed by atoms with Crippen molar-refractivity contribution in [3.8, 4) is 6.07 Å². The average Bonchev–Trinajstić information content (AvgIpc) is 2.39. The number of nitrogens with one attached hydrogen (secondary N) is 1. The van der Waals surface area contributed by atoms with Gasteiger partial charge in [0.15, 0.2) is 0 Å². The van der Waals surface area contributed by atoms with Crippen LogP contribution in [0.3, 0.4) is 0 Å². The monoisotopic (exact) mass is 260 g/mol. The van der Waals surface area contributed by atoms with Crippen molar-refractivity contribution in [2.75, 3.05) is 11.9 Å². The molecule has 1 aromatic carbocycles. The molecular formula is C15H20N2O2. The van der Waals surface area contributed by atoms with Crippen LogP contribution in [-0.2, 0) is 9.53 Å². The quantitative estimate of drug-likeness (QED) is 0.819. The molecule has 0 heterocycles. The predicted molar refractivity (Wildman–Crippen MR) is 74.7 cm³/mol. The summed E-state index contributed by atoms with van der Waals surface area (Å²) in [6.07, 6.45) is 2.56. The minimum atomic E-state index is -0.133. The minimum absolute atomic E-state index is 0.133. The van der Waals surface area contributed by atoms with Gasteiger partial charge < -0.3 is 10.1 Å². The van der Waals surface area contributed by atoms with Crippen LogP contribution in [0.4, 0.5) is 5.69 Å². The van der Waals surface area contributed by atoms with Gasteiger partial charge >= 0.3 is 0 Å². The molecule has 0 spiro atoms. The molecule has 1 unspecified atom stereocenters. The molecule has 0 bridgehead atoms. The van der Waals surface area contributed by atoms with Crippen molar-refractivity contribution < 1.29 is 9.53 Å². The molecule has 0 aliphatic heterocycles. The lowest BCUT2D eigenvalue weighted by atomic mass is 10.2. The van der Waals surface area contributed by atoms with Crippen molar-refractivity contribution in [1.82, 2.24) is 0 Å². The van der Waals surface area contributed by atoms with Crippen molar-refractivity contribution in [1.29, 1.82) is 5.26 Å². The number of hydrogen-bond acceptors (Lipinski definition) is 3. The third-order valence-electron chi connectivity index (χ3n) is 2.75. The molecule has 1 rings (SSSR count). The second-order valence-electron chi connectivity index (χ2n) is 4.43. The first-order chi connectivity index (χ1) is 9.17. The first-order valence-electron chi connectivity index (χ1n) is 6.58. The van der Waals surface area contributed by atoms with Crippen LogP contribution in [-0.4, -0.2) is 18.6 Å². The second kappa shape index (κ2) is 8.28. The van der Waals surface area contributed by atoms with Crippen LogP contribution < -0.4 is 5.32 Å². The Hall–Kier alpha value is -1.86. The summed E-state index contributed by atoms with van der Waals surface area (Å²) in [6, 6.07) is 9.00. The van der Waals surface area contributed by atoms with Crippen LogP contribution >= 0.6 is 0 Å². The number of benzene rings is 1. The average molecular weight is 260 g/mol. The lowest BCUT2D eigenvalue weighted by molar-refractivity contribution is -0.117. The van der Waals surface area contributed by atoms with Gasteiger partial charge in [0.25, 0.3) is 0 Å². The summed E-state index contributed by atoms with van der Waals surface area (Å²) < 4.78 is 5.52. The summed E-state index contributed by atoms with van der Waals surface area (Å²) in [7, 11) is 0. The van der Waals surface area contributed by atoms with Gasteiger partial charge in [-0.05, 0) is 25.5 Å². The number of para-hydroxylation sites is 1. The van der Waals surface area contributed by atoms with Gasteiger partial charge in [0.1, 0.15) is 6.07 Å². The summed E-state index contributed by atoms with van der Waals surface area (Å²) in [4.78, 5) is 11.7. The fourth-order valence-electron chi connectivity index (χ4n) is 1.74. The first-order valence-corrected chi connectivity index (χ1v) is 6.58. The zero-order valence-electron chi connectivity index (χ0n) is 11.5. The van der Waals surface area contributed by atoms with Crippen LogP contribution in [0, 0.1) is 11.3 Å². The molecule has 0 aromatic heterocycles. The maximum atomic E-state index is 11.7. The van der Waals surface area contributed by atoms with Gasteiger partial charge in [0.05, 0.1) is 30.4 Å². The number of nitrogens with zero attached hydrogens (tertiary/aromatic N) is 1. The Morgan fingerprint density at radius 2 is 2.21 bits per heavy atom. The summed E-state index contributed by atoms with van der Waals surface area (Å²) in [6.45, 7) is 4.51. The van der Waals surface area contributed by atoms with E-state index in [2.05, 4.69) is 12.2 Å². The predicted octanol–water partition coefficient (Wildman–Crippen LogP) is 3.09. The van der Waals surface area contributed by atoms with E-state index in [9.17, 15) is 4.79 Å². The van der Waals surface area contributed by atoms with Crippen LogP contribution in [0.2, 0.25) is 0 Å². The number of carbonyl (C=O) groups is 1. The van der Waals surface area contributed by atoms with Gasteiger partial charge in [-0.25, -0.2) is 0 Å². The van der Waals surface area contributed by atoms with Crippen molar-refractivity contribution in [3.05, 3.63) is 29.8 Å². The molecular weight excluding hydrogens is 240 g/mol. The van der Waals surface area contributed by atoms with Gasteiger partial charge in [-0.15, -0.1) is 0 Å². The summed E-state index contributed by atoms with van der Waals surface area (Å²) >= 11 is 0. The molecule has 4 nitrogen and oxygen atoms in total. The zero-order chi connectivity index (χ0) is 14.1. The molecule has 0 aliphatic carbocycles. The normalized spacial score (nSPS) is 11.6. The highest BCUT2D eigenvalue weighted by Crippen LogP contribution is 2.13. The van der Waals surface area contributed by atoms with Gasteiger partial charge in [0.2, 0.25) is 5.91 Å². The fourth-order valence-corrected chi connectivity index (χ4v) is 1.74. The van der Waals surface area contributed by atoms with Gasteiger partial charge in [0, 0.05) is 0 Å². The molecule has 0 saturated carbocycles. The lowest BCUT2D eigenvalue weighted by Gasteiger charge is -2.12. The minimum Gasteiger partial charge on any atom is -0.378 e. The SMILES string of the molecule is CCCC(C)OCCC(=O)Nc1ccccc1C#N. The Morgan fingerprint density at radius 1 is 1.47 bits per heavy atom. The number of ether oxygens (including phenoxy) is 1. The van der Waals surface area contributed by atoms with Crippen molar-refractivity contribution >= 4 is 11.6 Å². The maximum Gasteiger partial charge on any atom is 0.226 e. The summed E-state index contributed by atoms with van der Waals surface area (Å²) in [5.41, 5.74) is 1.02. The van der Waals surface area contributed by atoms with E-state index >= 15 is 0 Å². The third kappa shape index (κ3) is 5.54. The molecule has 1 N–H and O–H groups in total. The van der Waals surface area contributed by atoms with Crippen LogP contribution in [0.15, 0.2) is 24.3 Å². The molecule has 4 heteroatoms. The van der Waals surface area contributed by atoms with Crippen LogP contribution in [0.25, 0.3) is 0 Å². The van der Waals surface area contributed by atoms with E-state index in [1.165, 1.54) is 0 Å². The molecule has 0 aliphatic rings. The topological polar surface area (TPSA) is 62.1 Å². The number of anilines is 1. The fraction of sp³-hybridized carbons (Fsp3) is 0.467. The van der Waals surface area contributed by atoms with E-state index in [0.717, 1.165) is 12.8 Å². The van der Waals surface area contributed by atoms with Crippen LogP contribution in [0.5, 0.6) is 0 Å². The highest BCUT2D eigenvalue weighted by molar-refractivity contribution is 5.92. The molecule has 102 valence electrons. The number of nitriles is 1. The molecule has 0 saturated heterocycles. The van der Waals surface area contributed by atoms with Gasteiger partial charge in [-0.3, -0.25) is 4.79 Å². The number of rotatable bonds is 7. The van der Waals surface area contributed by atoms with E-state index in [1.54, 1.807) is 24.3 Å². The molecule has 1 atom stereocenters. The van der Waals surface area contributed by atoms with Gasteiger partial charge in [-0.1, -0.05) is 25.5 Å². The highest BCUT2D eigenvalue weighted by Gasteiger charge is 2.07. The Balaban J connectivity index is 2.37. The van der Waals surface area contributed by atoms with E-state index in [0.29, 0.717) is 24.3 Å². The van der Waals surface area contributed by atoms with Gasteiger partial charge in [-0.2, -0.15) is 5.26 Å².